The lowest BCUT2D eigenvalue weighted by molar-refractivity contribution is 0.0955. The number of nitrogens with one attached hydrogen (secondary N) is 2. The zero-order valence-electron chi connectivity index (χ0n) is 17.5. The molecule has 0 saturated carbocycles. The van der Waals surface area contributed by atoms with E-state index in [0.717, 1.165) is 50.3 Å². The summed E-state index contributed by atoms with van der Waals surface area (Å²) in [6, 6.07) is -0.0447. The zero-order chi connectivity index (χ0) is 22.6. The van der Waals surface area contributed by atoms with Gasteiger partial charge < -0.3 is 20.7 Å². The highest BCUT2D eigenvalue weighted by Gasteiger charge is 2.40. The third-order valence-corrected chi connectivity index (χ3v) is 6.46. The minimum Gasteiger partial charge on any atom is -0.476 e. The van der Waals surface area contributed by atoms with E-state index in [2.05, 4.69) is 27.0 Å². The standard InChI is InChI=1S/C20H27F2N5O3S/c1-20(22)12(5-3-7-14(20)21)11-30-17-15(16(23)28)18(31-26-17)25-19(29)24-9-8-13-6-4-10-27(13)2/h3,5,7,12-13H,4,6,8-11H2,1-2H3,(H2,23,28)(H2,24,25,29). The molecule has 170 valence electrons. The van der Waals surface area contributed by atoms with E-state index in [9.17, 15) is 18.4 Å². The van der Waals surface area contributed by atoms with Gasteiger partial charge in [0.2, 0.25) is 5.88 Å². The Morgan fingerprint density at radius 2 is 2.26 bits per heavy atom. The Balaban J connectivity index is 1.57. The Morgan fingerprint density at radius 1 is 1.48 bits per heavy atom. The average Bonchev–Trinajstić information content (AvgIpc) is 3.29. The number of anilines is 1. The summed E-state index contributed by atoms with van der Waals surface area (Å²) in [5.74, 6) is -2.78. The van der Waals surface area contributed by atoms with E-state index >= 15 is 0 Å². The molecule has 1 aliphatic heterocycles. The van der Waals surface area contributed by atoms with Gasteiger partial charge in [0.1, 0.15) is 16.4 Å². The number of hydrogen-bond acceptors (Lipinski definition) is 6. The number of halogens is 2. The fourth-order valence-electron chi connectivity index (χ4n) is 3.70. The predicted octanol–water partition coefficient (Wildman–Crippen LogP) is 2.99. The second kappa shape index (κ2) is 9.73. The van der Waals surface area contributed by atoms with Crippen molar-refractivity contribution in [3.05, 3.63) is 29.6 Å². The SMILES string of the molecule is CN1CCCC1CCNC(=O)Nc1snc(OCC2C=CC=C(F)C2(C)F)c1C(N)=O. The summed E-state index contributed by atoms with van der Waals surface area (Å²) < 4.78 is 37.8. The molecule has 3 atom stereocenters. The Morgan fingerprint density at radius 3 is 2.94 bits per heavy atom. The maximum Gasteiger partial charge on any atom is 0.319 e. The molecule has 0 radical (unpaired) electrons. The molecular formula is C20H27F2N5O3S. The third kappa shape index (κ3) is 5.40. The molecule has 1 fully saturated rings. The van der Waals surface area contributed by atoms with Gasteiger partial charge in [-0.15, -0.1) is 0 Å². The van der Waals surface area contributed by atoms with Crippen molar-refractivity contribution >= 4 is 28.5 Å². The van der Waals surface area contributed by atoms with Crippen molar-refractivity contribution < 1.29 is 23.1 Å². The van der Waals surface area contributed by atoms with Gasteiger partial charge in [-0.2, -0.15) is 4.37 Å². The van der Waals surface area contributed by atoms with Crippen molar-refractivity contribution in [1.29, 1.82) is 0 Å². The Labute approximate surface area is 183 Å². The van der Waals surface area contributed by atoms with Gasteiger partial charge in [0, 0.05) is 12.6 Å². The minimum absolute atomic E-state index is 0.105. The molecule has 0 spiro atoms. The zero-order valence-corrected chi connectivity index (χ0v) is 18.3. The molecule has 31 heavy (non-hydrogen) atoms. The van der Waals surface area contributed by atoms with Crippen LogP contribution >= 0.6 is 11.5 Å². The molecule has 0 aromatic carbocycles. The first-order chi connectivity index (χ1) is 14.7. The van der Waals surface area contributed by atoms with Crippen molar-refractivity contribution in [2.24, 2.45) is 11.7 Å². The number of carbonyl (C=O) groups excluding carboxylic acids is 2. The topological polar surface area (TPSA) is 110 Å². The van der Waals surface area contributed by atoms with Crippen LogP contribution in [0.4, 0.5) is 18.6 Å². The molecule has 11 heteroatoms. The van der Waals surface area contributed by atoms with Crippen LogP contribution in [0, 0.1) is 5.92 Å². The number of nitrogens with two attached hydrogens (primary N) is 1. The number of alkyl halides is 1. The van der Waals surface area contributed by atoms with Crippen molar-refractivity contribution in [3.63, 3.8) is 0 Å². The lowest BCUT2D eigenvalue weighted by Crippen LogP contribution is -2.35. The number of likely N-dealkylation sites (tertiary alicyclic amines) is 1. The van der Waals surface area contributed by atoms with Crippen molar-refractivity contribution in [2.45, 2.75) is 37.9 Å². The van der Waals surface area contributed by atoms with Gasteiger partial charge in [0.25, 0.3) is 5.91 Å². The molecule has 2 aliphatic rings. The van der Waals surface area contributed by atoms with E-state index in [-0.39, 0.29) is 23.1 Å². The summed E-state index contributed by atoms with van der Waals surface area (Å²) >= 11 is 0.826. The largest absolute Gasteiger partial charge is 0.476 e. The summed E-state index contributed by atoms with van der Waals surface area (Å²) in [4.78, 5) is 26.4. The van der Waals surface area contributed by atoms with Gasteiger partial charge in [-0.25, -0.2) is 13.6 Å². The van der Waals surface area contributed by atoms with Gasteiger partial charge in [0.15, 0.2) is 5.67 Å². The lowest BCUT2D eigenvalue weighted by Gasteiger charge is -2.28. The highest BCUT2D eigenvalue weighted by Crippen LogP contribution is 2.37. The minimum atomic E-state index is -2.23. The molecule has 1 aromatic rings. The Hall–Kier alpha value is -2.53. The van der Waals surface area contributed by atoms with E-state index in [0.29, 0.717) is 12.6 Å². The molecular weight excluding hydrogens is 428 g/mol. The summed E-state index contributed by atoms with van der Waals surface area (Å²) in [6.07, 6.45) is 7.02. The van der Waals surface area contributed by atoms with Crippen LogP contribution in [0.5, 0.6) is 5.88 Å². The van der Waals surface area contributed by atoms with Crippen LogP contribution in [-0.4, -0.2) is 59.7 Å². The van der Waals surface area contributed by atoms with Crippen LogP contribution in [0.3, 0.4) is 0 Å². The van der Waals surface area contributed by atoms with Crippen LogP contribution in [0.15, 0.2) is 24.1 Å². The average molecular weight is 456 g/mol. The fraction of sp³-hybridized carbons (Fsp3) is 0.550. The summed E-state index contributed by atoms with van der Waals surface area (Å²) in [7, 11) is 2.06. The summed E-state index contributed by atoms with van der Waals surface area (Å²) in [5.41, 5.74) is 3.10. The van der Waals surface area contributed by atoms with Crippen LogP contribution in [0.1, 0.15) is 36.5 Å². The number of urea groups is 1. The van der Waals surface area contributed by atoms with E-state index in [4.69, 9.17) is 10.5 Å². The molecule has 0 bridgehead atoms. The second-order valence-corrected chi connectivity index (χ2v) is 8.67. The quantitative estimate of drug-likeness (QED) is 0.558. The van der Waals surface area contributed by atoms with Crippen LogP contribution in [-0.2, 0) is 0 Å². The van der Waals surface area contributed by atoms with Crippen molar-refractivity contribution in [2.75, 3.05) is 32.1 Å². The Bertz CT molecular complexity index is 886. The second-order valence-electron chi connectivity index (χ2n) is 7.89. The lowest BCUT2D eigenvalue weighted by atomic mass is 9.86. The van der Waals surface area contributed by atoms with Gasteiger partial charge in [-0.05, 0) is 57.4 Å². The van der Waals surface area contributed by atoms with Gasteiger partial charge in [0.05, 0.1) is 12.5 Å². The molecule has 8 nitrogen and oxygen atoms in total. The van der Waals surface area contributed by atoms with Crippen LogP contribution < -0.4 is 21.1 Å². The maximum absolute atomic E-state index is 14.6. The molecule has 3 rings (SSSR count). The maximum atomic E-state index is 14.6. The molecule has 3 amide bonds. The summed E-state index contributed by atoms with van der Waals surface area (Å²) in [5, 5.41) is 5.45. The first-order valence-electron chi connectivity index (χ1n) is 10.1. The highest BCUT2D eigenvalue weighted by molar-refractivity contribution is 7.11. The number of allylic oxidation sites excluding steroid dienone is 3. The first kappa shape index (κ1) is 23.1. The number of nitrogens with zero attached hydrogens (tertiary/aromatic N) is 2. The summed E-state index contributed by atoms with van der Waals surface area (Å²) in [6.45, 7) is 2.41. The number of aromatic nitrogens is 1. The smallest absolute Gasteiger partial charge is 0.319 e. The number of carbonyl (C=O) groups is 2. The van der Waals surface area contributed by atoms with Gasteiger partial charge >= 0.3 is 6.03 Å². The molecule has 4 N–H and O–H groups in total. The highest BCUT2D eigenvalue weighted by atomic mass is 32.1. The molecule has 3 unspecified atom stereocenters. The molecule has 1 saturated heterocycles. The number of hydrogen-bond donors (Lipinski definition) is 3. The van der Waals surface area contributed by atoms with E-state index in [1.165, 1.54) is 12.2 Å². The van der Waals surface area contributed by atoms with Crippen molar-refractivity contribution in [1.82, 2.24) is 14.6 Å². The molecule has 2 heterocycles. The van der Waals surface area contributed by atoms with Crippen LogP contribution in [0.25, 0.3) is 0 Å². The normalized spacial score (nSPS) is 25.9. The van der Waals surface area contributed by atoms with E-state index < -0.39 is 29.4 Å². The molecule has 1 aliphatic carbocycles. The number of primary amides is 1. The van der Waals surface area contributed by atoms with E-state index in [1.807, 2.05) is 0 Å². The third-order valence-electron chi connectivity index (χ3n) is 5.72. The van der Waals surface area contributed by atoms with Crippen molar-refractivity contribution in [3.8, 4) is 5.88 Å². The first-order valence-corrected chi connectivity index (χ1v) is 10.9. The number of ether oxygens (including phenoxy) is 1. The van der Waals surface area contributed by atoms with Crippen LogP contribution in [0.2, 0.25) is 0 Å². The fourth-order valence-corrected chi connectivity index (χ4v) is 4.43. The van der Waals surface area contributed by atoms with Gasteiger partial charge in [-0.3, -0.25) is 10.1 Å². The molecule has 1 aromatic heterocycles. The monoisotopic (exact) mass is 455 g/mol. The Kier molecular flexibility index (Phi) is 7.26. The van der Waals surface area contributed by atoms with E-state index in [1.54, 1.807) is 0 Å². The number of rotatable bonds is 8. The number of amides is 3. The predicted molar refractivity (Wildman–Crippen MR) is 115 cm³/mol. The van der Waals surface area contributed by atoms with Gasteiger partial charge in [-0.1, -0.05) is 12.2 Å².